The van der Waals surface area contributed by atoms with Gasteiger partial charge in [-0.1, -0.05) is 0 Å². The van der Waals surface area contributed by atoms with E-state index >= 15 is 0 Å². The summed E-state index contributed by atoms with van der Waals surface area (Å²) < 4.78 is 12.3. The Hall–Kier alpha value is -2.17. The number of aromatic nitrogens is 3. The number of hydrogen-bond acceptors (Lipinski definition) is 6. The highest BCUT2D eigenvalue weighted by molar-refractivity contribution is 5.91. The topological polar surface area (TPSA) is 99.0 Å². The second kappa shape index (κ2) is 6.32. The second-order valence-electron chi connectivity index (χ2n) is 4.41. The van der Waals surface area contributed by atoms with E-state index in [9.17, 15) is 0 Å². The van der Waals surface area contributed by atoms with Crippen LogP contribution in [0.25, 0.3) is 11.0 Å². The number of nitrogens with two attached hydrogens (primary N) is 1. The second-order valence-corrected chi connectivity index (χ2v) is 4.41. The molecule has 0 aliphatic carbocycles. The predicted octanol–water partition coefficient (Wildman–Crippen LogP) is 0.937. The number of nitriles is 1. The van der Waals surface area contributed by atoms with Crippen molar-refractivity contribution in [1.82, 2.24) is 14.5 Å². The fourth-order valence-corrected chi connectivity index (χ4v) is 2.14. The molecule has 0 spiro atoms. The van der Waals surface area contributed by atoms with E-state index in [0.717, 1.165) is 6.42 Å². The van der Waals surface area contributed by atoms with Crippen LogP contribution in [0.1, 0.15) is 12.0 Å². The van der Waals surface area contributed by atoms with E-state index in [4.69, 9.17) is 20.5 Å². The average molecular weight is 275 g/mol. The molecule has 2 rings (SSSR count). The van der Waals surface area contributed by atoms with E-state index in [2.05, 4.69) is 16.0 Å². The maximum Gasteiger partial charge on any atom is 0.146 e. The first-order chi connectivity index (χ1) is 9.71. The quantitative estimate of drug-likeness (QED) is 0.842. The molecule has 7 nitrogen and oxygen atoms in total. The maximum atomic E-state index is 9.16. The molecule has 0 bridgehead atoms. The Kier molecular flexibility index (Phi) is 4.50. The monoisotopic (exact) mass is 275 g/mol. The van der Waals surface area contributed by atoms with Gasteiger partial charge in [0, 0.05) is 27.0 Å². The highest BCUT2D eigenvalue weighted by Gasteiger charge is 2.14. The average Bonchev–Trinajstić information content (AvgIpc) is 2.83. The smallest absolute Gasteiger partial charge is 0.146 e. The summed E-state index contributed by atoms with van der Waals surface area (Å²) in [5.74, 6) is 0.325. The number of rotatable bonds is 6. The van der Waals surface area contributed by atoms with Crippen LogP contribution in [0.4, 0.5) is 5.82 Å². The van der Waals surface area contributed by atoms with Gasteiger partial charge < -0.3 is 19.8 Å². The van der Waals surface area contributed by atoms with Crippen LogP contribution in [-0.2, 0) is 16.0 Å². The van der Waals surface area contributed by atoms with Crippen molar-refractivity contribution < 1.29 is 9.47 Å². The van der Waals surface area contributed by atoms with Crippen molar-refractivity contribution in [3.05, 3.63) is 18.1 Å². The molecule has 2 aromatic rings. The number of fused-ring (bicyclic) bond motifs is 1. The standard InChI is InChI=1S/C13H17N5O2/c1-19-7-10(20-2)3-4-18-6-9(5-14)11-12(15)16-8-17-13(11)18/h6,8,10H,3-4,7H2,1-2H3,(H2,15,16,17). The molecular formula is C13H17N5O2. The first-order valence-electron chi connectivity index (χ1n) is 6.22. The van der Waals surface area contributed by atoms with Gasteiger partial charge >= 0.3 is 0 Å². The number of anilines is 1. The summed E-state index contributed by atoms with van der Waals surface area (Å²) in [4.78, 5) is 8.14. The number of aryl methyl sites for hydroxylation is 1. The van der Waals surface area contributed by atoms with Gasteiger partial charge in [0.15, 0.2) is 0 Å². The lowest BCUT2D eigenvalue weighted by molar-refractivity contribution is 0.0212. The van der Waals surface area contributed by atoms with Gasteiger partial charge in [-0.05, 0) is 6.42 Å². The Morgan fingerprint density at radius 3 is 2.90 bits per heavy atom. The lowest BCUT2D eigenvalue weighted by atomic mass is 10.2. The molecule has 7 heteroatoms. The third-order valence-electron chi connectivity index (χ3n) is 3.18. The minimum absolute atomic E-state index is 0.00201. The first-order valence-corrected chi connectivity index (χ1v) is 6.22. The molecule has 2 aromatic heterocycles. The van der Waals surface area contributed by atoms with Crippen LogP contribution in [0.15, 0.2) is 12.5 Å². The van der Waals surface area contributed by atoms with Crippen LogP contribution in [0, 0.1) is 11.3 Å². The van der Waals surface area contributed by atoms with Crippen molar-refractivity contribution in [3.63, 3.8) is 0 Å². The number of nitrogens with zero attached hydrogens (tertiary/aromatic N) is 4. The third-order valence-corrected chi connectivity index (χ3v) is 3.18. The summed E-state index contributed by atoms with van der Waals surface area (Å²) in [6.07, 6.45) is 3.90. The number of ether oxygens (including phenoxy) is 2. The van der Waals surface area contributed by atoms with E-state index in [1.807, 2.05) is 4.57 Å². The van der Waals surface area contributed by atoms with E-state index in [0.29, 0.717) is 35.6 Å². The summed E-state index contributed by atoms with van der Waals surface area (Å²) in [5.41, 5.74) is 6.97. The highest BCUT2D eigenvalue weighted by atomic mass is 16.5. The zero-order chi connectivity index (χ0) is 14.5. The Morgan fingerprint density at radius 2 is 2.25 bits per heavy atom. The number of nitrogen functional groups attached to an aromatic ring is 1. The van der Waals surface area contributed by atoms with Crippen LogP contribution in [-0.4, -0.2) is 41.5 Å². The molecule has 1 atom stereocenters. The van der Waals surface area contributed by atoms with Crippen molar-refractivity contribution in [2.75, 3.05) is 26.6 Å². The van der Waals surface area contributed by atoms with Gasteiger partial charge in [-0.2, -0.15) is 5.26 Å². The predicted molar refractivity (Wildman–Crippen MR) is 73.9 cm³/mol. The minimum Gasteiger partial charge on any atom is -0.383 e. The molecule has 0 aliphatic heterocycles. The summed E-state index contributed by atoms with van der Waals surface area (Å²) in [6, 6.07) is 2.12. The fourth-order valence-electron chi connectivity index (χ4n) is 2.14. The van der Waals surface area contributed by atoms with Gasteiger partial charge in [-0.15, -0.1) is 0 Å². The summed E-state index contributed by atoms with van der Waals surface area (Å²) in [6.45, 7) is 1.19. The van der Waals surface area contributed by atoms with Gasteiger partial charge in [0.1, 0.15) is 23.9 Å². The van der Waals surface area contributed by atoms with Crippen LogP contribution in [0.2, 0.25) is 0 Å². The zero-order valence-corrected chi connectivity index (χ0v) is 11.5. The van der Waals surface area contributed by atoms with Crippen LogP contribution >= 0.6 is 0 Å². The lowest BCUT2D eigenvalue weighted by Crippen LogP contribution is -2.19. The molecule has 2 heterocycles. The Morgan fingerprint density at radius 1 is 1.45 bits per heavy atom. The SMILES string of the molecule is COCC(CCn1cc(C#N)c2c(N)ncnc21)OC. The molecule has 2 N–H and O–H groups in total. The Balaban J connectivity index is 2.27. The van der Waals surface area contributed by atoms with Crippen LogP contribution in [0.5, 0.6) is 0 Å². The van der Waals surface area contributed by atoms with E-state index < -0.39 is 0 Å². The summed E-state index contributed by atoms with van der Waals surface area (Å²) >= 11 is 0. The molecule has 1 unspecified atom stereocenters. The van der Waals surface area contributed by atoms with Crippen molar-refractivity contribution >= 4 is 16.9 Å². The maximum absolute atomic E-state index is 9.16. The van der Waals surface area contributed by atoms with Crippen molar-refractivity contribution in [1.29, 1.82) is 5.26 Å². The molecule has 0 fully saturated rings. The first kappa shape index (κ1) is 14.2. The third kappa shape index (κ3) is 2.71. The summed E-state index contributed by atoms with van der Waals surface area (Å²) in [7, 11) is 3.29. The van der Waals surface area contributed by atoms with Gasteiger partial charge in [-0.25, -0.2) is 9.97 Å². The zero-order valence-electron chi connectivity index (χ0n) is 11.5. The minimum atomic E-state index is 0.00201. The molecule has 20 heavy (non-hydrogen) atoms. The fraction of sp³-hybridized carbons (Fsp3) is 0.462. The van der Waals surface area contributed by atoms with Gasteiger partial charge in [-0.3, -0.25) is 0 Å². The molecule has 0 aliphatic rings. The summed E-state index contributed by atoms with van der Waals surface area (Å²) in [5, 5.41) is 9.77. The van der Waals surface area contributed by atoms with Gasteiger partial charge in [0.2, 0.25) is 0 Å². The largest absolute Gasteiger partial charge is 0.383 e. The van der Waals surface area contributed by atoms with Crippen molar-refractivity contribution in [2.24, 2.45) is 0 Å². The molecule has 0 aromatic carbocycles. The Bertz CT molecular complexity index is 631. The normalized spacial score (nSPS) is 12.4. The van der Waals surface area contributed by atoms with Crippen LogP contribution < -0.4 is 5.73 Å². The molecule has 0 saturated carbocycles. The van der Waals surface area contributed by atoms with Crippen molar-refractivity contribution in [2.45, 2.75) is 19.1 Å². The molecule has 0 radical (unpaired) electrons. The van der Waals surface area contributed by atoms with Crippen LogP contribution in [0.3, 0.4) is 0 Å². The van der Waals surface area contributed by atoms with E-state index in [-0.39, 0.29) is 6.10 Å². The van der Waals surface area contributed by atoms with Crippen molar-refractivity contribution in [3.8, 4) is 6.07 Å². The molecule has 106 valence electrons. The highest BCUT2D eigenvalue weighted by Crippen LogP contribution is 2.23. The van der Waals surface area contributed by atoms with Gasteiger partial charge in [0.25, 0.3) is 0 Å². The molecular weight excluding hydrogens is 258 g/mol. The van der Waals surface area contributed by atoms with E-state index in [1.165, 1.54) is 6.33 Å². The number of hydrogen-bond donors (Lipinski definition) is 1. The number of methoxy groups -OCH3 is 2. The molecule has 0 amide bonds. The lowest BCUT2D eigenvalue weighted by Gasteiger charge is -2.14. The Labute approximate surface area is 116 Å². The molecule has 0 saturated heterocycles. The van der Waals surface area contributed by atoms with Gasteiger partial charge in [0.05, 0.1) is 23.7 Å². The van der Waals surface area contributed by atoms with E-state index in [1.54, 1.807) is 20.4 Å².